The molecule has 3 aromatic carbocycles. The number of rotatable bonds is 11. The summed E-state index contributed by atoms with van der Waals surface area (Å²) in [4.78, 5) is 11.6. The molecule has 1 heterocycles. The summed E-state index contributed by atoms with van der Waals surface area (Å²) >= 11 is 0. The Morgan fingerprint density at radius 3 is 2.21 bits per heavy atom. The van der Waals surface area contributed by atoms with Crippen LogP contribution in [0, 0.1) is 0 Å². The summed E-state index contributed by atoms with van der Waals surface area (Å²) in [5.74, 6) is 1.49. The quantitative estimate of drug-likeness (QED) is 0.288. The van der Waals surface area contributed by atoms with Crippen LogP contribution >= 0.6 is 0 Å². The second-order valence-electron chi connectivity index (χ2n) is 9.49. The van der Waals surface area contributed by atoms with Gasteiger partial charge in [-0.05, 0) is 80.5 Å². The highest BCUT2D eigenvalue weighted by Gasteiger charge is 2.18. The molecule has 0 fully saturated rings. The van der Waals surface area contributed by atoms with Gasteiger partial charge in [-0.2, -0.15) is 0 Å². The highest BCUT2D eigenvalue weighted by Crippen LogP contribution is 2.31. The number of anilines is 1. The van der Waals surface area contributed by atoms with Gasteiger partial charge in [0.2, 0.25) is 9.84 Å². The van der Waals surface area contributed by atoms with Gasteiger partial charge in [0.05, 0.1) is 28.2 Å². The Hall–Kier alpha value is -3.54. The third-order valence-corrected chi connectivity index (χ3v) is 9.14. The van der Waals surface area contributed by atoms with Crippen molar-refractivity contribution in [1.29, 1.82) is 0 Å². The van der Waals surface area contributed by atoms with Gasteiger partial charge in [0, 0.05) is 23.8 Å². The average molecular weight is 569 g/mol. The second-order valence-corrected chi connectivity index (χ2v) is 13.7. The zero-order valence-electron chi connectivity index (χ0n) is 22.2. The number of hydrogen-bond acceptors (Lipinski definition) is 9. The van der Waals surface area contributed by atoms with Crippen LogP contribution in [0.1, 0.15) is 12.0 Å². The summed E-state index contributed by atoms with van der Waals surface area (Å²) in [6.07, 6.45) is 2.74. The van der Waals surface area contributed by atoms with Crippen LogP contribution in [0.2, 0.25) is 0 Å². The highest BCUT2D eigenvalue weighted by molar-refractivity contribution is 7.91. The van der Waals surface area contributed by atoms with Crippen molar-refractivity contribution in [2.75, 3.05) is 45.0 Å². The molecule has 206 valence electrons. The highest BCUT2D eigenvalue weighted by atomic mass is 32.2. The molecule has 0 unspecified atom stereocenters. The van der Waals surface area contributed by atoms with E-state index in [1.54, 1.807) is 61.7 Å². The normalized spacial score (nSPS) is 12.2. The lowest BCUT2D eigenvalue weighted by atomic mass is 10.0. The van der Waals surface area contributed by atoms with E-state index in [-0.39, 0.29) is 15.5 Å². The van der Waals surface area contributed by atoms with Gasteiger partial charge in [-0.25, -0.2) is 26.8 Å². The van der Waals surface area contributed by atoms with Crippen LogP contribution in [0.3, 0.4) is 0 Å². The lowest BCUT2D eigenvalue weighted by molar-refractivity contribution is 0.346. The molecule has 0 radical (unpaired) electrons. The lowest BCUT2D eigenvalue weighted by Crippen LogP contribution is -2.26. The molecule has 4 rings (SSSR count). The van der Waals surface area contributed by atoms with Crippen molar-refractivity contribution in [2.45, 2.75) is 22.6 Å². The molecule has 9 nitrogen and oxygen atoms in total. The molecule has 0 saturated heterocycles. The third kappa shape index (κ3) is 6.92. The van der Waals surface area contributed by atoms with Gasteiger partial charge < -0.3 is 15.4 Å². The van der Waals surface area contributed by atoms with E-state index >= 15 is 0 Å². The molecular formula is C28H32N4O5S2. The molecule has 2 N–H and O–H groups in total. The minimum absolute atomic E-state index is 0.126. The summed E-state index contributed by atoms with van der Waals surface area (Å²) in [7, 11) is -3.14. The van der Waals surface area contributed by atoms with Crippen LogP contribution in [0.4, 0.5) is 5.82 Å². The first-order valence-electron chi connectivity index (χ1n) is 12.4. The summed E-state index contributed by atoms with van der Waals surface area (Å²) in [6.45, 7) is 1.21. The van der Waals surface area contributed by atoms with Gasteiger partial charge in [-0.1, -0.05) is 18.2 Å². The van der Waals surface area contributed by atoms with Crippen LogP contribution in [0.25, 0.3) is 22.3 Å². The predicted octanol–water partition coefficient (Wildman–Crippen LogP) is 3.63. The van der Waals surface area contributed by atoms with Gasteiger partial charge in [-0.3, -0.25) is 0 Å². The van der Waals surface area contributed by atoms with Gasteiger partial charge in [-0.15, -0.1) is 0 Å². The van der Waals surface area contributed by atoms with Crippen molar-refractivity contribution in [3.05, 3.63) is 72.3 Å². The van der Waals surface area contributed by atoms with Gasteiger partial charge in [0.15, 0.2) is 5.82 Å². The minimum atomic E-state index is -3.63. The summed E-state index contributed by atoms with van der Waals surface area (Å²) in [5.41, 5.74) is 8.54. The topological polar surface area (TPSA) is 133 Å². The van der Waals surface area contributed by atoms with Crippen molar-refractivity contribution in [3.8, 4) is 17.1 Å². The summed E-state index contributed by atoms with van der Waals surface area (Å²) in [6, 6.07) is 18.5. The molecule has 0 spiro atoms. The number of hydrogen-bond donors (Lipinski definition) is 1. The van der Waals surface area contributed by atoms with Crippen LogP contribution in [0.15, 0.2) is 76.5 Å². The van der Waals surface area contributed by atoms with E-state index in [2.05, 4.69) is 4.98 Å². The molecule has 0 aliphatic heterocycles. The molecule has 39 heavy (non-hydrogen) atoms. The summed E-state index contributed by atoms with van der Waals surface area (Å²) < 4.78 is 54.3. The number of aryl methyl sites for hydroxylation is 1. The van der Waals surface area contributed by atoms with Crippen molar-refractivity contribution < 1.29 is 21.6 Å². The Morgan fingerprint density at radius 2 is 1.56 bits per heavy atom. The zero-order chi connectivity index (χ0) is 28.2. The first-order valence-corrected chi connectivity index (χ1v) is 15.9. The molecule has 0 amide bonds. The number of sulfone groups is 2. The fraction of sp³-hybridized carbons (Fsp3) is 0.286. The van der Waals surface area contributed by atoms with Crippen LogP contribution in [-0.4, -0.2) is 71.0 Å². The molecule has 0 atom stereocenters. The van der Waals surface area contributed by atoms with E-state index in [0.29, 0.717) is 46.8 Å². The summed E-state index contributed by atoms with van der Waals surface area (Å²) in [5, 5.41) is 0.660. The number of methoxy groups -OCH3 is 1. The molecule has 11 heteroatoms. The number of nitrogens with zero attached hydrogens (tertiary/aromatic N) is 3. The second kappa shape index (κ2) is 11.7. The number of ether oxygens (including phenoxy) is 1. The lowest BCUT2D eigenvalue weighted by Gasteiger charge is -2.17. The van der Waals surface area contributed by atoms with Crippen molar-refractivity contribution in [3.63, 3.8) is 0 Å². The molecule has 0 bridgehead atoms. The van der Waals surface area contributed by atoms with E-state index in [9.17, 15) is 16.8 Å². The van der Waals surface area contributed by atoms with Gasteiger partial charge in [0.1, 0.15) is 21.4 Å². The predicted molar refractivity (Wildman–Crippen MR) is 153 cm³/mol. The maximum absolute atomic E-state index is 12.9. The van der Waals surface area contributed by atoms with E-state index in [0.717, 1.165) is 18.5 Å². The van der Waals surface area contributed by atoms with E-state index in [1.807, 2.05) is 24.1 Å². The first kappa shape index (κ1) is 28.5. The maximum atomic E-state index is 12.9. The molecular weight excluding hydrogens is 536 g/mol. The molecule has 0 saturated carbocycles. The fourth-order valence-corrected chi connectivity index (χ4v) is 6.15. The zero-order valence-corrected chi connectivity index (χ0v) is 23.8. The largest absolute Gasteiger partial charge is 0.496 e. The van der Waals surface area contributed by atoms with Gasteiger partial charge in [0.25, 0.3) is 0 Å². The molecule has 1 aromatic heterocycles. The Balaban J connectivity index is 1.57. The number of nitrogens with two attached hydrogens (primary N) is 1. The SMILES string of the molecule is COc1cc2c(N)nc(-c3ccc(S(=O)(=O)c4ccccc4)cc3)nc2cc1CCCN(C)CCS(C)(=O)=O. The van der Waals surface area contributed by atoms with E-state index < -0.39 is 19.7 Å². The van der Waals surface area contributed by atoms with Crippen LogP contribution in [-0.2, 0) is 26.1 Å². The number of benzene rings is 3. The number of aromatic nitrogens is 2. The Bertz CT molecular complexity index is 1680. The Labute approximate surface area is 229 Å². The number of nitrogen functional groups attached to an aromatic ring is 1. The molecule has 0 aliphatic rings. The monoisotopic (exact) mass is 568 g/mol. The van der Waals surface area contributed by atoms with Crippen molar-refractivity contribution >= 4 is 36.4 Å². The Kier molecular flexibility index (Phi) is 8.53. The van der Waals surface area contributed by atoms with E-state index in [1.165, 1.54) is 6.26 Å². The van der Waals surface area contributed by atoms with Gasteiger partial charge >= 0.3 is 0 Å². The average Bonchev–Trinajstić information content (AvgIpc) is 2.91. The minimum Gasteiger partial charge on any atom is -0.496 e. The fourth-order valence-electron chi connectivity index (χ4n) is 4.23. The van der Waals surface area contributed by atoms with E-state index in [4.69, 9.17) is 15.5 Å². The number of fused-ring (bicyclic) bond motifs is 1. The van der Waals surface area contributed by atoms with Crippen LogP contribution < -0.4 is 10.5 Å². The first-order chi connectivity index (χ1) is 18.5. The van der Waals surface area contributed by atoms with Crippen molar-refractivity contribution in [1.82, 2.24) is 14.9 Å². The molecule has 0 aliphatic carbocycles. The standard InChI is InChI=1S/C28H32N4O5S2/c1-32(16-17-38(3,33)34)15-7-8-21-18-25-24(19-26(21)37-2)27(29)31-28(30-25)20-11-13-23(14-12-20)39(35,36)22-9-5-4-6-10-22/h4-6,9-14,18-19H,7-8,15-17H2,1-3H3,(H2,29,30,31). The Morgan fingerprint density at radius 1 is 0.897 bits per heavy atom. The third-order valence-electron chi connectivity index (χ3n) is 6.43. The molecule has 4 aromatic rings. The smallest absolute Gasteiger partial charge is 0.206 e. The van der Waals surface area contributed by atoms with Crippen molar-refractivity contribution in [2.24, 2.45) is 0 Å². The van der Waals surface area contributed by atoms with Crippen LogP contribution in [0.5, 0.6) is 5.75 Å². The maximum Gasteiger partial charge on any atom is 0.206 e.